The van der Waals surface area contributed by atoms with Gasteiger partial charge < -0.3 is 10.2 Å². The van der Waals surface area contributed by atoms with Gasteiger partial charge in [-0.05, 0) is 24.3 Å². The predicted molar refractivity (Wildman–Crippen MR) is 82.7 cm³/mol. The lowest BCUT2D eigenvalue weighted by Gasteiger charge is -2.33. The van der Waals surface area contributed by atoms with E-state index in [9.17, 15) is 14.9 Å². The lowest BCUT2D eigenvalue weighted by atomic mass is 10.2. The Balaban J connectivity index is 1.81. The van der Waals surface area contributed by atoms with Crippen molar-refractivity contribution in [1.29, 1.82) is 0 Å². The highest BCUT2D eigenvalue weighted by molar-refractivity contribution is 8.00. The third-order valence-corrected chi connectivity index (χ3v) is 4.47. The molecule has 8 heteroatoms. The van der Waals surface area contributed by atoms with Crippen molar-refractivity contribution < 1.29 is 9.72 Å². The number of non-ortho nitro benzene ring substituents is 1. The van der Waals surface area contributed by atoms with Crippen LogP contribution in [0.2, 0.25) is 0 Å². The van der Waals surface area contributed by atoms with Gasteiger partial charge in [0.25, 0.3) is 11.6 Å². The zero-order valence-corrected chi connectivity index (χ0v) is 12.4. The van der Waals surface area contributed by atoms with Gasteiger partial charge in [-0.1, -0.05) is 11.8 Å². The Morgan fingerprint density at radius 2 is 2.05 bits per heavy atom. The standard InChI is InChI=1S/C14H12N4O3S/c1-17-13(19)11-3-2-8-15-12(11)22-14(17)16-9-4-6-10(7-5-9)18(20)21/h2-8,14,16H,1H3. The van der Waals surface area contributed by atoms with Crippen molar-refractivity contribution >= 4 is 29.0 Å². The van der Waals surface area contributed by atoms with E-state index < -0.39 is 4.92 Å². The fourth-order valence-electron chi connectivity index (χ4n) is 2.08. The number of nitro groups is 1. The van der Waals surface area contributed by atoms with E-state index in [-0.39, 0.29) is 17.1 Å². The van der Waals surface area contributed by atoms with Crippen molar-refractivity contribution in [3.8, 4) is 0 Å². The number of amides is 1. The van der Waals surface area contributed by atoms with Gasteiger partial charge >= 0.3 is 0 Å². The molecule has 1 aliphatic rings. The zero-order valence-electron chi connectivity index (χ0n) is 11.6. The van der Waals surface area contributed by atoms with E-state index >= 15 is 0 Å². The van der Waals surface area contributed by atoms with Gasteiger partial charge in [-0.2, -0.15) is 0 Å². The molecule has 1 unspecified atom stereocenters. The summed E-state index contributed by atoms with van der Waals surface area (Å²) >= 11 is 1.42. The van der Waals surface area contributed by atoms with Gasteiger partial charge in [0.2, 0.25) is 0 Å². The number of rotatable bonds is 3. The predicted octanol–water partition coefficient (Wildman–Crippen LogP) is 2.56. The summed E-state index contributed by atoms with van der Waals surface area (Å²) in [6, 6.07) is 9.55. The minimum absolute atomic E-state index is 0.0262. The molecule has 1 atom stereocenters. The maximum Gasteiger partial charge on any atom is 0.269 e. The quantitative estimate of drug-likeness (QED) is 0.691. The number of nitrogens with zero attached hydrogens (tertiary/aromatic N) is 3. The number of carbonyl (C=O) groups is 1. The van der Waals surface area contributed by atoms with Gasteiger partial charge in [0.1, 0.15) is 5.03 Å². The number of fused-ring (bicyclic) bond motifs is 1. The van der Waals surface area contributed by atoms with E-state index in [1.54, 1.807) is 42.4 Å². The van der Waals surface area contributed by atoms with Gasteiger partial charge in [-0.3, -0.25) is 14.9 Å². The van der Waals surface area contributed by atoms with E-state index in [0.717, 1.165) is 0 Å². The molecule has 0 radical (unpaired) electrons. The molecule has 1 aromatic heterocycles. The molecule has 22 heavy (non-hydrogen) atoms. The minimum atomic E-state index is -0.449. The van der Waals surface area contributed by atoms with Crippen LogP contribution >= 0.6 is 11.8 Å². The molecule has 1 aliphatic heterocycles. The largest absolute Gasteiger partial charge is 0.356 e. The van der Waals surface area contributed by atoms with Crippen LogP contribution in [0.4, 0.5) is 11.4 Å². The maximum absolute atomic E-state index is 12.3. The third-order valence-electron chi connectivity index (χ3n) is 3.27. The first kappa shape index (κ1) is 14.3. The number of pyridine rings is 1. The number of anilines is 1. The Kier molecular flexibility index (Phi) is 3.68. The summed E-state index contributed by atoms with van der Waals surface area (Å²) in [5.41, 5.74) is 0.980. The molecule has 0 fully saturated rings. The fourth-order valence-corrected chi connectivity index (χ4v) is 3.14. The van der Waals surface area contributed by atoms with Crippen LogP contribution in [0.5, 0.6) is 0 Å². The Hall–Kier alpha value is -2.61. The summed E-state index contributed by atoms with van der Waals surface area (Å²) in [6.45, 7) is 0. The normalized spacial score (nSPS) is 17.0. The molecule has 2 heterocycles. The van der Waals surface area contributed by atoms with Crippen LogP contribution in [0.15, 0.2) is 47.6 Å². The molecule has 0 spiro atoms. The number of hydrogen-bond donors (Lipinski definition) is 1. The van der Waals surface area contributed by atoms with Crippen molar-refractivity contribution in [2.75, 3.05) is 12.4 Å². The first-order valence-electron chi connectivity index (χ1n) is 6.46. The molecule has 2 aromatic rings. The second kappa shape index (κ2) is 5.64. The Labute approximate surface area is 130 Å². The van der Waals surface area contributed by atoms with Gasteiger partial charge in [0.15, 0.2) is 5.50 Å². The average Bonchev–Trinajstić information content (AvgIpc) is 2.53. The van der Waals surface area contributed by atoms with Crippen molar-refractivity contribution in [3.05, 3.63) is 58.3 Å². The summed E-state index contributed by atoms with van der Waals surface area (Å²) in [7, 11) is 1.70. The van der Waals surface area contributed by atoms with Gasteiger partial charge in [0, 0.05) is 31.1 Å². The monoisotopic (exact) mass is 316 g/mol. The van der Waals surface area contributed by atoms with Crippen molar-refractivity contribution in [2.24, 2.45) is 0 Å². The molecule has 1 amide bonds. The van der Waals surface area contributed by atoms with Crippen LogP contribution in [-0.2, 0) is 0 Å². The molecule has 1 N–H and O–H groups in total. The summed E-state index contributed by atoms with van der Waals surface area (Å²) in [5.74, 6) is -0.110. The van der Waals surface area contributed by atoms with E-state index in [4.69, 9.17) is 0 Å². The first-order chi connectivity index (χ1) is 10.6. The zero-order chi connectivity index (χ0) is 15.7. The van der Waals surface area contributed by atoms with E-state index in [1.807, 2.05) is 0 Å². The van der Waals surface area contributed by atoms with Crippen LogP contribution in [-0.4, -0.2) is 33.3 Å². The molecule has 0 aliphatic carbocycles. The SMILES string of the molecule is CN1C(=O)c2cccnc2SC1Nc1ccc([N+](=O)[O-])cc1. The Bertz CT molecular complexity index is 735. The number of aromatic nitrogens is 1. The smallest absolute Gasteiger partial charge is 0.269 e. The molecule has 1 aromatic carbocycles. The summed E-state index contributed by atoms with van der Waals surface area (Å²) in [4.78, 5) is 28.3. The lowest BCUT2D eigenvalue weighted by molar-refractivity contribution is -0.384. The number of nitrogens with one attached hydrogen (secondary N) is 1. The third kappa shape index (κ3) is 2.60. The van der Waals surface area contributed by atoms with Crippen LogP contribution < -0.4 is 5.32 Å². The maximum atomic E-state index is 12.3. The second-order valence-corrected chi connectivity index (χ2v) is 5.76. The van der Waals surface area contributed by atoms with Gasteiger partial charge in [0.05, 0.1) is 10.5 Å². The number of carbonyl (C=O) groups excluding carboxylic acids is 1. The number of thioether (sulfide) groups is 1. The van der Waals surface area contributed by atoms with Gasteiger partial charge in [-0.25, -0.2) is 4.98 Å². The molecular weight excluding hydrogens is 304 g/mol. The van der Waals surface area contributed by atoms with Crippen LogP contribution in [0.3, 0.4) is 0 Å². The minimum Gasteiger partial charge on any atom is -0.356 e. The topological polar surface area (TPSA) is 88.4 Å². The molecule has 0 saturated carbocycles. The molecular formula is C14H12N4O3S. The molecule has 7 nitrogen and oxygen atoms in total. The summed E-state index contributed by atoms with van der Waals surface area (Å²) in [5, 5.41) is 14.5. The summed E-state index contributed by atoms with van der Waals surface area (Å²) in [6.07, 6.45) is 1.65. The number of hydrogen-bond acceptors (Lipinski definition) is 6. The van der Waals surface area contributed by atoms with E-state index in [1.165, 1.54) is 23.9 Å². The highest BCUT2D eigenvalue weighted by Crippen LogP contribution is 2.33. The molecule has 3 rings (SSSR count). The van der Waals surface area contributed by atoms with Crippen molar-refractivity contribution in [1.82, 2.24) is 9.88 Å². The Morgan fingerprint density at radius 1 is 1.32 bits per heavy atom. The summed E-state index contributed by atoms with van der Waals surface area (Å²) < 4.78 is 0. The highest BCUT2D eigenvalue weighted by atomic mass is 32.2. The molecule has 0 bridgehead atoms. The van der Waals surface area contributed by atoms with Crippen LogP contribution in [0, 0.1) is 10.1 Å². The molecule has 112 valence electrons. The first-order valence-corrected chi connectivity index (χ1v) is 7.34. The van der Waals surface area contributed by atoms with E-state index in [2.05, 4.69) is 10.3 Å². The fraction of sp³-hybridized carbons (Fsp3) is 0.143. The van der Waals surface area contributed by atoms with E-state index in [0.29, 0.717) is 16.3 Å². The molecule has 0 saturated heterocycles. The van der Waals surface area contributed by atoms with Crippen molar-refractivity contribution in [2.45, 2.75) is 10.5 Å². The van der Waals surface area contributed by atoms with Gasteiger partial charge in [-0.15, -0.1) is 0 Å². The van der Waals surface area contributed by atoms with Crippen LogP contribution in [0.1, 0.15) is 10.4 Å². The average molecular weight is 316 g/mol. The van der Waals surface area contributed by atoms with Crippen LogP contribution in [0.25, 0.3) is 0 Å². The lowest BCUT2D eigenvalue weighted by Crippen LogP contribution is -2.43. The number of nitro benzene ring substituents is 1. The number of benzene rings is 1. The Morgan fingerprint density at radius 3 is 2.73 bits per heavy atom. The second-order valence-electron chi connectivity index (χ2n) is 4.69. The van der Waals surface area contributed by atoms with Crippen molar-refractivity contribution in [3.63, 3.8) is 0 Å². The highest BCUT2D eigenvalue weighted by Gasteiger charge is 2.31.